The number of non-ortho nitro benzene ring substituents is 1. The molecule has 166 valence electrons. The number of fused-ring (bicyclic) bond motifs is 1. The molecule has 1 heterocycles. The highest BCUT2D eigenvalue weighted by atomic mass is 16.6. The summed E-state index contributed by atoms with van der Waals surface area (Å²) in [6.07, 6.45) is 0.178. The molecule has 4 aromatic rings. The van der Waals surface area contributed by atoms with Gasteiger partial charge in [0.15, 0.2) is 5.88 Å². The molecule has 0 radical (unpaired) electrons. The number of aromatic amines is 1. The van der Waals surface area contributed by atoms with E-state index in [1.54, 1.807) is 30.3 Å². The lowest BCUT2D eigenvalue weighted by Crippen LogP contribution is -2.32. The van der Waals surface area contributed by atoms with Crippen LogP contribution in [0.4, 0.5) is 11.4 Å². The summed E-state index contributed by atoms with van der Waals surface area (Å²) in [5.74, 6) is -1.23. The van der Waals surface area contributed by atoms with Gasteiger partial charge in [-0.25, -0.2) is 4.99 Å². The van der Waals surface area contributed by atoms with Gasteiger partial charge in [0, 0.05) is 28.6 Å². The van der Waals surface area contributed by atoms with Crippen LogP contribution in [0.1, 0.15) is 16.7 Å². The van der Waals surface area contributed by atoms with Crippen molar-refractivity contribution in [3.05, 3.63) is 99.6 Å². The Morgan fingerprint density at radius 3 is 2.42 bits per heavy atom. The van der Waals surface area contributed by atoms with Gasteiger partial charge in [0.05, 0.1) is 21.9 Å². The Labute approximate surface area is 188 Å². The first kappa shape index (κ1) is 21.7. The van der Waals surface area contributed by atoms with E-state index in [9.17, 15) is 20.0 Å². The summed E-state index contributed by atoms with van der Waals surface area (Å²) < 4.78 is 0. The van der Waals surface area contributed by atoms with Gasteiger partial charge in [0.25, 0.3) is 5.69 Å². The third-order valence-corrected chi connectivity index (χ3v) is 5.21. The maximum absolute atomic E-state index is 11.3. The van der Waals surface area contributed by atoms with Gasteiger partial charge in [-0.2, -0.15) is 0 Å². The number of aliphatic carboxylic acids is 1. The predicted octanol–water partition coefficient (Wildman–Crippen LogP) is 3.91. The molecular formula is C24H20N4O5. The van der Waals surface area contributed by atoms with E-state index in [1.807, 2.05) is 30.3 Å². The van der Waals surface area contributed by atoms with Gasteiger partial charge in [0.1, 0.15) is 6.04 Å². The zero-order chi connectivity index (χ0) is 23.5. The monoisotopic (exact) mass is 444 g/mol. The SMILES string of the molecule is NC(Cc1ccc(N=C(c2ccccc2)c2c(O)[nH]c3ccc([N+](=O)[O-])cc23)cc1)C(=O)O. The zero-order valence-corrected chi connectivity index (χ0v) is 17.3. The van der Waals surface area contributed by atoms with Crippen LogP contribution in [0.5, 0.6) is 5.88 Å². The largest absolute Gasteiger partial charge is 0.494 e. The fourth-order valence-electron chi connectivity index (χ4n) is 3.56. The Bertz CT molecular complexity index is 1360. The lowest BCUT2D eigenvalue weighted by atomic mass is 10.0. The van der Waals surface area contributed by atoms with Gasteiger partial charge in [-0.3, -0.25) is 14.9 Å². The van der Waals surface area contributed by atoms with E-state index < -0.39 is 16.9 Å². The van der Waals surface area contributed by atoms with Crippen molar-refractivity contribution in [2.45, 2.75) is 12.5 Å². The molecule has 0 aliphatic rings. The van der Waals surface area contributed by atoms with Crippen LogP contribution in [0.15, 0.2) is 77.8 Å². The quantitative estimate of drug-likeness (QED) is 0.192. The molecule has 0 aliphatic carbocycles. The number of H-pyrrole nitrogens is 1. The number of carboxylic acid groups (broad SMARTS) is 1. The Balaban J connectivity index is 1.83. The molecule has 3 aromatic carbocycles. The van der Waals surface area contributed by atoms with Crippen LogP contribution < -0.4 is 5.73 Å². The summed E-state index contributed by atoms with van der Waals surface area (Å²) in [7, 11) is 0. The molecule has 0 spiro atoms. The number of hydrogen-bond acceptors (Lipinski definition) is 6. The number of carboxylic acids is 1. The fraction of sp³-hybridized carbons (Fsp3) is 0.0833. The third-order valence-electron chi connectivity index (χ3n) is 5.21. The van der Waals surface area contributed by atoms with Crippen molar-refractivity contribution in [3.8, 4) is 5.88 Å². The molecule has 0 saturated heterocycles. The summed E-state index contributed by atoms with van der Waals surface area (Å²) in [6, 6.07) is 19.4. The van der Waals surface area contributed by atoms with E-state index in [4.69, 9.17) is 15.8 Å². The van der Waals surface area contributed by atoms with Crippen LogP contribution in [-0.4, -0.2) is 37.8 Å². The van der Waals surface area contributed by atoms with E-state index in [0.29, 0.717) is 33.4 Å². The van der Waals surface area contributed by atoms with Crippen LogP contribution in [0.25, 0.3) is 10.9 Å². The van der Waals surface area contributed by atoms with Crippen molar-refractivity contribution in [1.82, 2.24) is 4.98 Å². The second-order valence-corrected chi connectivity index (χ2v) is 7.48. The molecule has 0 aliphatic heterocycles. The molecule has 1 unspecified atom stereocenters. The number of aromatic nitrogens is 1. The van der Waals surface area contributed by atoms with Crippen molar-refractivity contribution < 1.29 is 19.9 Å². The molecule has 0 fully saturated rings. The molecule has 0 amide bonds. The maximum atomic E-state index is 11.3. The molecule has 9 heteroatoms. The number of nitro groups is 1. The summed E-state index contributed by atoms with van der Waals surface area (Å²) in [6.45, 7) is 0. The van der Waals surface area contributed by atoms with E-state index in [-0.39, 0.29) is 18.0 Å². The molecular weight excluding hydrogens is 424 g/mol. The summed E-state index contributed by atoms with van der Waals surface area (Å²) >= 11 is 0. The van der Waals surface area contributed by atoms with Gasteiger partial charge in [0.2, 0.25) is 0 Å². The first-order valence-corrected chi connectivity index (χ1v) is 10.0. The summed E-state index contributed by atoms with van der Waals surface area (Å²) in [5, 5.41) is 31.5. The van der Waals surface area contributed by atoms with E-state index in [0.717, 1.165) is 5.56 Å². The van der Waals surface area contributed by atoms with Crippen LogP contribution in [0.3, 0.4) is 0 Å². The van der Waals surface area contributed by atoms with Crippen LogP contribution in [-0.2, 0) is 11.2 Å². The van der Waals surface area contributed by atoms with Crippen molar-refractivity contribution >= 4 is 34.0 Å². The maximum Gasteiger partial charge on any atom is 0.320 e. The van der Waals surface area contributed by atoms with Crippen LogP contribution in [0.2, 0.25) is 0 Å². The smallest absolute Gasteiger partial charge is 0.320 e. The van der Waals surface area contributed by atoms with E-state index in [1.165, 1.54) is 12.1 Å². The van der Waals surface area contributed by atoms with Crippen molar-refractivity contribution in [2.24, 2.45) is 10.7 Å². The van der Waals surface area contributed by atoms with E-state index in [2.05, 4.69) is 4.98 Å². The van der Waals surface area contributed by atoms with Crippen LogP contribution >= 0.6 is 0 Å². The molecule has 9 nitrogen and oxygen atoms in total. The summed E-state index contributed by atoms with van der Waals surface area (Å²) in [4.78, 5) is 29.4. The lowest BCUT2D eigenvalue weighted by Gasteiger charge is -2.09. The second-order valence-electron chi connectivity index (χ2n) is 7.48. The van der Waals surface area contributed by atoms with Crippen LogP contribution in [0, 0.1) is 10.1 Å². The van der Waals surface area contributed by atoms with Gasteiger partial charge >= 0.3 is 5.97 Å². The number of benzene rings is 3. The predicted molar refractivity (Wildman–Crippen MR) is 124 cm³/mol. The number of aromatic hydroxyl groups is 1. The average Bonchev–Trinajstić information content (AvgIpc) is 3.13. The van der Waals surface area contributed by atoms with Gasteiger partial charge in [-0.1, -0.05) is 42.5 Å². The zero-order valence-electron chi connectivity index (χ0n) is 17.3. The number of nitrogens with zero attached hydrogens (tertiary/aromatic N) is 2. The number of hydrogen-bond donors (Lipinski definition) is 4. The topological polar surface area (TPSA) is 155 Å². The molecule has 4 rings (SSSR count). The first-order valence-electron chi connectivity index (χ1n) is 10.0. The average molecular weight is 444 g/mol. The van der Waals surface area contributed by atoms with E-state index >= 15 is 0 Å². The molecule has 1 atom stereocenters. The number of nitrogens with one attached hydrogen (secondary N) is 1. The summed E-state index contributed by atoms with van der Waals surface area (Å²) in [5.41, 5.74) is 8.82. The fourth-order valence-corrected chi connectivity index (χ4v) is 3.56. The molecule has 5 N–H and O–H groups in total. The molecule has 1 aromatic heterocycles. The molecule has 33 heavy (non-hydrogen) atoms. The minimum absolute atomic E-state index is 0.103. The lowest BCUT2D eigenvalue weighted by molar-refractivity contribution is -0.384. The van der Waals surface area contributed by atoms with Gasteiger partial charge < -0.3 is 20.9 Å². The number of nitro benzene ring substituents is 1. The minimum Gasteiger partial charge on any atom is -0.494 e. The van der Waals surface area contributed by atoms with Crippen molar-refractivity contribution in [2.75, 3.05) is 0 Å². The van der Waals surface area contributed by atoms with Crippen molar-refractivity contribution in [1.29, 1.82) is 0 Å². The number of nitrogens with two attached hydrogens (primary N) is 1. The van der Waals surface area contributed by atoms with Crippen molar-refractivity contribution in [3.63, 3.8) is 0 Å². The van der Waals surface area contributed by atoms with Gasteiger partial charge in [-0.15, -0.1) is 0 Å². The molecule has 0 bridgehead atoms. The highest BCUT2D eigenvalue weighted by Crippen LogP contribution is 2.33. The van der Waals surface area contributed by atoms with Gasteiger partial charge in [-0.05, 0) is 30.2 Å². The first-order chi connectivity index (χ1) is 15.8. The Hall–Kier alpha value is -4.50. The number of carbonyl (C=O) groups is 1. The Morgan fingerprint density at radius 1 is 1.09 bits per heavy atom. The number of aliphatic imine (C=N–C) groups is 1. The Kier molecular flexibility index (Phi) is 5.88. The highest BCUT2D eigenvalue weighted by molar-refractivity contribution is 6.22. The molecule has 0 saturated carbocycles. The minimum atomic E-state index is -1.08. The third kappa shape index (κ3) is 4.58. The Morgan fingerprint density at radius 2 is 1.79 bits per heavy atom. The highest BCUT2D eigenvalue weighted by Gasteiger charge is 2.21. The second kappa shape index (κ2) is 8.93. The standard InChI is InChI=1S/C24H20N4O5/c25-19(24(30)31)12-14-6-8-16(9-7-14)26-22(15-4-2-1-3-5-15)21-18-13-17(28(32)33)10-11-20(18)27-23(21)29/h1-11,13,19,27,29H,12,25H2,(H,30,31). The normalized spacial score (nSPS) is 12.6. The number of rotatable bonds is 7.